The summed E-state index contributed by atoms with van der Waals surface area (Å²) in [6.45, 7) is 3.00. The SMILES string of the molecule is CCN(Cc1ccccn1)C(=O)c1ccc(Cl)c(N)c1. The van der Waals surface area contributed by atoms with Crippen molar-refractivity contribution in [1.82, 2.24) is 9.88 Å². The highest BCUT2D eigenvalue weighted by molar-refractivity contribution is 6.33. The van der Waals surface area contributed by atoms with Crippen molar-refractivity contribution in [2.24, 2.45) is 0 Å². The molecule has 0 aliphatic carbocycles. The molecule has 1 amide bonds. The Morgan fingerprint density at radius 1 is 1.35 bits per heavy atom. The molecule has 0 unspecified atom stereocenters. The van der Waals surface area contributed by atoms with Gasteiger partial charge in [0.05, 0.1) is 22.9 Å². The highest BCUT2D eigenvalue weighted by atomic mass is 35.5. The number of nitrogens with zero attached hydrogens (tertiary/aromatic N) is 2. The lowest BCUT2D eigenvalue weighted by atomic mass is 10.1. The van der Waals surface area contributed by atoms with Crippen molar-refractivity contribution in [2.75, 3.05) is 12.3 Å². The van der Waals surface area contributed by atoms with Crippen molar-refractivity contribution in [3.63, 3.8) is 0 Å². The maximum atomic E-state index is 12.4. The molecule has 0 saturated heterocycles. The van der Waals surface area contributed by atoms with Crippen LogP contribution >= 0.6 is 11.6 Å². The first kappa shape index (κ1) is 14.3. The third kappa shape index (κ3) is 3.27. The van der Waals surface area contributed by atoms with Crippen LogP contribution in [0.25, 0.3) is 0 Å². The van der Waals surface area contributed by atoms with Crippen LogP contribution in [0.3, 0.4) is 0 Å². The number of aromatic nitrogens is 1. The molecule has 104 valence electrons. The van der Waals surface area contributed by atoms with Gasteiger partial charge in [-0.1, -0.05) is 17.7 Å². The molecule has 5 heteroatoms. The van der Waals surface area contributed by atoms with Gasteiger partial charge in [-0.05, 0) is 37.3 Å². The molecular weight excluding hydrogens is 274 g/mol. The smallest absolute Gasteiger partial charge is 0.254 e. The van der Waals surface area contributed by atoms with Crippen LogP contribution in [-0.4, -0.2) is 22.3 Å². The van der Waals surface area contributed by atoms with Crippen molar-refractivity contribution in [3.8, 4) is 0 Å². The van der Waals surface area contributed by atoms with Crippen molar-refractivity contribution in [2.45, 2.75) is 13.5 Å². The number of hydrogen-bond acceptors (Lipinski definition) is 3. The maximum absolute atomic E-state index is 12.4. The number of hydrogen-bond donors (Lipinski definition) is 1. The maximum Gasteiger partial charge on any atom is 0.254 e. The second-order valence-electron chi connectivity index (χ2n) is 4.38. The Kier molecular flexibility index (Phi) is 4.58. The summed E-state index contributed by atoms with van der Waals surface area (Å²) >= 11 is 5.87. The largest absolute Gasteiger partial charge is 0.398 e. The first-order valence-corrected chi connectivity index (χ1v) is 6.73. The fourth-order valence-corrected chi connectivity index (χ4v) is 1.99. The van der Waals surface area contributed by atoms with Crippen LogP contribution in [0.15, 0.2) is 42.6 Å². The molecule has 0 aliphatic rings. The van der Waals surface area contributed by atoms with Gasteiger partial charge in [-0.2, -0.15) is 0 Å². The van der Waals surface area contributed by atoms with Gasteiger partial charge < -0.3 is 10.6 Å². The van der Waals surface area contributed by atoms with Gasteiger partial charge in [-0.3, -0.25) is 9.78 Å². The van der Waals surface area contributed by atoms with Gasteiger partial charge in [-0.25, -0.2) is 0 Å². The van der Waals surface area contributed by atoms with Crippen LogP contribution in [0.1, 0.15) is 23.0 Å². The van der Waals surface area contributed by atoms with E-state index < -0.39 is 0 Å². The van der Waals surface area contributed by atoms with E-state index >= 15 is 0 Å². The molecule has 0 aliphatic heterocycles. The number of nitrogens with two attached hydrogens (primary N) is 1. The molecule has 0 spiro atoms. The van der Waals surface area contributed by atoms with Gasteiger partial charge in [0, 0.05) is 18.3 Å². The minimum absolute atomic E-state index is 0.0819. The van der Waals surface area contributed by atoms with Crippen molar-refractivity contribution in [3.05, 3.63) is 58.9 Å². The molecule has 2 aromatic rings. The van der Waals surface area contributed by atoms with Crippen molar-refractivity contribution >= 4 is 23.2 Å². The van der Waals surface area contributed by atoms with E-state index in [0.717, 1.165) is 5.69 Å². The van der Waals surface area contributed by atoms with Crippen molar-refractivity contribution < 1.29 is 4.79 Å². The lowest BCUT2D eigenvalue weighted by molar-refractivity contribution is 0.0750. The average molecular weight is 290 g/mol. The molecule has 0 saturated carbocycles. The zero-order valence-corrected chi connectivity index (χ0v) is 12.0. The summed E-state index contributed by atoms with van der Waals surface area (Å²) in [5.41, 5.74) is 7.53. The molecule has 0 atom stereocenters. The fraction of sp³-hybridized carbons (Fsp3) is 0.200. The second-order valence-corrected chi connectivity index (χ2v) is 4.78. The number of amides is 1. The van der Waals surface area contributed by atoms with Gasteiger partial charge in [0.1, 0.15) is 0 Å². The fourth-order valence-electron chi connectivity index (χ4n) is 1.87. The lowest BCUT2D eigenvalue weighted by Crippen LogP contribution is -2.30. The number of benzene rings is 1. The van der Waals surface area contributed by atoms with Crippen LogP contribution in [-0.2, 0) is 6.54 Å². The highest BCUT2D eigenvalue weighted by Crippen LogP contribution is 2.20. The molecule has 20 heavy (non-hydrogen) atoms. The Morgan fingerprint density at radius 3 is 2.75 bits per heavy atom. The highest BCUT2D eigenvalue weighted by Gasteiger charge is 2.15. The minimum Gasteiger partial charge on any atom is -0.398 e. The van der Waals surface area contributed by atoms with Crippen LogP contribution in [0, 0.1) is 0 Å². The zero-order chi connectivity index (χ0) is 14.5. The van der Waals surface area contributed by atoms with Gasteiger partial charge in [0.15, 0.2) is 0 Å². The van der Waals surface area contributed by atoms with Crippen LogP contribution in [0.2, 0.25) is 5.02 Å². The number of nitrogen functional groups attached to an aromatic ring is 1. The molecular formula is C15H16ClN3O. The van der Waals surface area contributed by atoms with E-state index in [2.05, 4.69) is 4.98 Å². The average Bonchev–Trinajstić information content (AvgIpc) is 2.48. The molecule has 2 rings (SSSR count). The normalized spacial score (nSPS) is 10.3. The topological polar surface area (TPSA) is 59.2 Å². The molecule has 4 nitrogen and oxygen atoms in total. The van der Waals surface area contributed by atoms with E-state index in [9.17, 15) is 4.79 Å². The Balaban J connectivity index is 2.18. The molecule has 0 fully saturated rings. The standard InChI is InChI=1S/C15H16ClN3O/c1-2-19(10-12-5-3-4-8-18-12)15(20)11-6-7-13(16)14(17)9-11/h3-9H,2,10,17H2,1H3. The third-order valence-electron chi connectivity index (χ3n) is 2.99. The monoisotopic (exact) mass is 289 g/mol. The number of carbonyl (C=O) groups excluding carboxylic acids is 1. The summed E-state index contributed by atoms with van der Waals surface area (Å²) in [7, 11) is 0. The van der Waals surface area contributed by atoms with Gasteiger partial charge in [-0.15, -0.1) is 0 Å². The van der Waals surface area contributed by atoms with E-state index in [1.54, 1.807) is 29.3 Å². The summed E-state index contributed by atoms with van der Waals surface area (Å²) in [5.74, 6) is -0.0819. The number of carbonyl (C=O) groups is 1. The molecule has 0 radical (unpaired) electrons. The minimum atomic E-state index is -0.0819. The molecule has 1 heterocycles. The van der Waals surface area contributed by atoms with E-state index in [1.165, 1.54) is 0 Å². The molecule has 1 aromatic heterocycles. The first-order valence-electron chi connectivity index (χ1n) is 6.36. The first-order chi connectivity index (χ1) is 9.61. The Bertz CT molecular complexity index is 601. The molecule has 2 N–H and O–H groups in total. The van der Waals surface area contributed by atoms with E-state index in [0.29, 0.717) is 29.4 Å². The molecule has 1 aromatic carbocycles. The summed E-state index contributed by atoms with van der Waals surface area (Å²) in [6.07, 6.45) is 1.72. The van der Waals surface area contributed by atoms with E-state index in [1.807, 2.05) is 25.1 Å². The van der Waals surface area contributed by atoms with Gasteiger partial charge >= 0.3 is 0 Å². The number of pyridine rings is 1. The molecule has 0 bridgehead atoms. The lowest BCUT2D eigenvalue weighted by Gasteiger charge is -2.20. The van der Waals surface area contributed by atoms with Crippen molar-refractivity contribution in [1.29, 1.82) is 0 Å². The van der Waals surface area contributed by atoms with E-state index in [4.69, 9.17) is 17.3 Å². The number of halogens is 1. The van der Waals surface area contributed by atoms with Gasteiger partial charge in [0.25, 0.3) is 5.91 Å². The predicted octanol–water partition coefficient (Wildman–Crippen LogP) is 2.98. The Hall–Kier alpha value is -2.07. The summed E-state index contributed by atoms with van der Waals surface area (Å²) in [5, 5.41) is 0.453. The zero-order valence-electron chi connectivity index (χ0n) is 11.2. The summed E-state index contributed by atoms with van der Waals surface area (Å²) in [6, 6.07) is 10.6. The van der Waals surface area contributed by atoms with Crippen LogP contribution < -0.4 is 5.73 Å². The number of anilines is 1. The Labute approximate surface area is 123 Å². The van der Waals surface area contributed by atoms with E-state index in [-0.39, 0.29) is 5.91 Å². The predicted molar refractivity (Wildman–Crippen MR) is 80.5 cm³/mol. The summed E-state index contributed by atoms with van der Waals surface area (Å²) < 4.78 is 0. The third-order valence-corrected chi connectivity index (χ3v) is 3.34. The second kappa shape index (κ2) is 6.39. The van der Waals surface area contributed by atoms with Gasteiger partial charge in [0.2, 0.25) is 0 Å². The van der Waals surface area contributed by atoms with Crippen LogP contribution in [0.5, 0.6) is 0 Å². The summed E-state index contributed by atoms with van der Waals surface area (Å²) in [4.78, 5) is 18.4. The number of rotatable bonds is 4. The Morgan fingerprint density at radius 2 is 2.15 bits per heavy atom. The quantitative estimate of drug-likeness (QED) is 0.880. The van der Waals surface area contributed by atoms with Crippen LogP contribution in [0.4, 0.5) is 5.69 Å².